The number of nitrogens with zero attached hydrogens (tertiary/aromatic N) is 4. The molecule has 3 heterocycles. The summed E-state index contributed by atoms with van der Waals surface area (Å²) in [4.78, 5) is 23.4. The fraction of sp³-hybridized carbons (Fsp3) is 0.381. The van der Waals surface area contributed by atoms with Crippen LogP contribution in [0.3, 0.4) is 0 Å². The number of carbonyl (C=O) groups is 1. The van der Waals surface area contributed by atoms with E-state index in [1.54, 1.807) is 0 Å². The highest BCUT2D eigenvalue weighted by molar-refractivity contribution is 5.95. The normalized spacial score (nSPS) is 15.3. The molecule has 1 N–H and O–H groups in total. The molecule has 1 aliphatic heterocycles. The van der Waals surface area contributed by atoms with Gasteiger partial charge in [0.2, 0.25) is 5.91 Å². The van der Waals surface area contributed by atoms with Crippen LogP contribution in [0.2, 0.25) is 0 Å². The van der Waals surface area contributed by atoms with Crippen molar-refractivity contribution in [3.63, 3.8) is 0 Å². The molecular formula is C21H25N5O. The lowest BCUT2D eigenvalue weighted by atomic mass is 9.99. The number of fused-ring (bicyclic) bond motifs is 1. The van der Waals surface area contributed by atoms with Gasteiger partial charge in [0.15, 0.2) is 0 Å². The molecule has 27 heavy (non-hydrogen) atoms. The van der Waals surface area contributed by atoms with Gasteiger partial charge in [-0.25, -0.2) is 9.97 Å². The number of carbonyl (C=O) groups excluding carboxylic acids is 1. The molecule has 1 fully saturated rings. The summed E-state index contributed by atoms with van der Waals surface area (Å²) >= 11 is 0. The predicted octanol–water partition coefficient (Wildman–Crippen LogP) is 3.39. The number of amides is 1. The molecule has 0 radical (unpaired) electrons. The van der Waals surface area contributed by atoms with Gasteiger partial charge in [0.1, 0.15) is 18.0 Å². The summed E-state index contributed by atoms with van der Waals surface area (Å²) in [7, 11) is 2.00. The molecule has 0 unspecified atom stereocenters. The highest BCUT2D eigenvalue weighted by atomic mass is 16.1. The third-order valence-electron chi connectivity index (χ3n) is 5.36. The van der Waals surface area contributed by atoms with Crippen molar-refractivity contribution < 1.29 is 4.79 Å². The Morgan fingerprint density at radius 2 is 2.00 bits per heavy atom. The van der Waals surface area contributed by atoms with Gasteiger partial charge in [-0.1, -0.05) is 25.1 Å². The van der Waals surface area contributed by atoms with Crippen LogP contribution in [0.5, 0.6) is 0 Å². The SMILES string of the molecule is CC1CCN(c2cc(NC(=O)Cc3cn(C)c4ccccc34)ncn2)CC1. The minimum atomic E-state index is -0.0664. The van der Waals surface area contributed by atoms with Crippen molar-refractivity contribution in [2.24, 2.45) is 13.0 Å². The first-order valence-corrected chi connectivity index (χ1v) is 9.50. The number of nitrogens with one attached hydrogen (secondary N) is 1. The number of hydrogen-bond donors (Lipinski definition) is 1. The molecule has 140 valence electrons. The van der Waals surface area contributed by atoms with E-state index in [2.05, 4.69) is 43.8 Å². The van der Waals surface area contributed by atoms with E-state index in [-0.39, 0.29) is 5.91 Å². The summed E-state index contributed by atoms with van der Waals surface area (Å²) in [5.41, 5.74) is 2.15. The standard InChI is InChI=1S/C21H25N5O/c1-15-7-9-26(10-8-15)20-12-19(22-14-23-20)24-21(27)11-16-13-25(2)18-6-4-3-5-17(16)18/h3-6,12-15H,7-11H2,1-2H3,(H,22,23,24,27). The Bertz CT molecular complexity index is 956. The van der Waals surface area contributed by atoms with Crippen molar-refractivity contribution in [1.82, 2.24) is 14.5 Å². The molecule has 6 heteroatoms. The number of aryl methyl sites for hydroxylation is 1. The lowest BCUT2D eigenvalue weighted by Gasteiger charge is -2.31. The van der Waals surface area contributed by atoms with Crippen molar-refractivity contribution in [3.05, 3.63) is 48.4 Å². The quantitative estimate of drug-likeness (QED) is 0.772. The van der Waals surface area contributed by atoms with E-state index in [9.17, 15) is 4.79 Å². The van der Waals surface area contributed by atoms with E-state index < -0.39 is 0 Å². The minimum Gasteiger partial charge on any atom is -0.356 e. The number of hydrogen-bond acceptors (Lipinski definition) is 4. The van der Waals surface area contributed by atoms with E-state index in [4.69, 9.17) is 0 Å². The van der Waals surface area contributed by atoms with Gasteiger partial charge in [-0.2, -0.15) is 0 Å². The third kappa shape index (κ3) is 3.79. The Hall–Kier alpha value is -2.89. The lowest BCUT2D eigenvalue weighted by molar-refractivity contribution is -0.115. The Labute approximate surface area is 159 Å². The number of para-hydroxylation sites is 1. The molecule has 0 bridgehead atoms. The minimum absolute atomic E-state index is 0.0664. The van der Waals surface area contributed by atoms with Gasteiger partial charge >= 0.3 is 0 Å². The van der Waals surface area contributed by atoms with Gasteiger partial charge in [0, 0.05) is 43.3 Å². The average molecular weight is 363 g/mol. The van der Waals surface area contributed by atoms with Gasteiger partial charge < -0.3 is 14.8 Å². The first-order valence-electron chi connectivity index (χ1n) is 9.50. The van der Waals surface area contributed by atoms with Crippen molar-refractivity contribution in [2.75, 3.05) is 23.3 Å². The van der Waals surface area contributed by atoms with Crippen LogP contribution >= 0.6 is 0 Å². The number of rotatable bonds is 4. The van der Waals surface area contributed by atoms with Crippen LogP contribution < -0.4 is 10.2 Å². The maximum Gasteiger partial charge on any atom is 0.230 e. The molecule has 1 saturated heterocycles. The summed E-state index contributed by atoms with van der Waals surface area (Å²) < 4.78 is 2.05. The van der Waals surface area contributed by atoms with Crippen molar-refractivity contribution in [2.45, 2.75) is 26.2 Å². The molecule has 0 aliphatic carbocycles. The van der Waals surface area contributed by atoms with E-state index >= 15 is 0 Å². The highest BCUT2D eigenvalue weighted by Gasteiger charge is 2.18. The molecule has 1 amide bonds. The van der Waals surface area contributed by atoms with Crippen molar-refractivity contribution in [3.8, 4) is 0 Å². The monoisotopic (exact) mass is 363 g/mol. The topological polar surface area (TPSA) is 63.1 Å². The molecule has 1 aliphatic rings. The van der Waals surface area contributed by atoms with Gasteiger partial charge in [-0.15, -0.1) is 0 Å². The smallest absolute Gasteiger partial charge is 0.230 e. The van der Waals surface area contributed by atoms with Gasteiger partial charge in [-0.3, -0.25) is 4.79 Å². The van der Waals surface area contributed by atoms with E-state index in [0.29, 0.717) is 12.2 Å². The summed E-state index contributed by atoms with van der Waals surface area (Å²) in [6.45, 7) is 4.29. The largest absolute Gasteiger partial charge is 0.356 e. The van der Waals surface area contributed by atoms with E-state index in [0.717, 1.165) is 41.3 Å². The van der Waals surface area contributed by atoms with Crippen LogP contribution in [0.4, 0.5) is 11.6 Å². The number of anilines is 2. The summed E-state index contributed by atoms with van der Waals surface area (Å²) in [6, 6.07) is 10.00. The van der Waals surface area contributed by atoms with Crippen molar-refractivity contribution >= 4 is 28.4 Å². The molecule has 4 rings (SSSR count). The second-order valence-electron chi connectivity index (χ2n) is 7.44. The maximum atomic E-state index is 12.6. The van der Waals surface area contributed by atoms with Crippen LogP contribution in [0.25, 0.3) is 10.9 Å². The molecule has 0 saturated carbocycles. The van der Waals surface area contributed by atoms with Crippen molar-refractivity contribution in [1.29, 1.82) is 0 Å². The van der Waals surface area contributed by atoms with Gasteiger partial charge in [0.25, 0.3) is 0 Å². The van der Waals surface area contributed by atoms with Crippen LogP contribution in [-0.4, -0.2) is 33.5 Å². The molecule has 3 aromatic rings. The number of piperidine rings is 1. The number of aromatic nitrogens is 3. The summed E-state index contributed by atoms with van der Waals surface area (Å²) in [6.07, 6.45) is 6.22. The van der Waals surface area contributed by atoms with Gasteiger partial charge in [-0.05, 0) is 30.4 Å². The van der Waals surface area contributed by atoms with Crippen LogP contribution in [0, 0.1) is 5.92 Å². The molecule has 0 spiro atoms. The summed E-state index contributed by atoms with van der Waals surface area (Å²) in [5.74, 6) is 2.15. The third-order valence-corrected chi connectivity index (χ3v) is 5.36. The summed E-state index contributed by atoms with van der Waals surface area (Å²) in [5, 5.41) is 4.04. The number of benzene rings is 1. The zero-order valence-corrected chi connectivity index (χ0v) is 15.9. The molecule has 0 atom stereocenters. The highest BCUT2D eigenvalue weighted by Crippen LogP contribution is 2.23. The Morgan fingerprint density at radius 3 is 2.81 bits per heavy atom. The fourth-order valence-electron chi connectivity index (χ4n) is 3.75. The molecule has 2 aromatic heterocycles. The first-order chi connectivity index (χ1) is 13.1. The zero-order chi connectivity index (χ0) is 18.8. The lowest BCUT2D eigenvalue weighted by Crippen LogP contribution is -2.33. The first kappa shape index (κ1) is 17.5. The van der Waals surface area contributed by atoms with Crippen LogP contribution in [-0.2, 0) is 18.3 Å². The second-order valence-corrected chi connectivity index (χ2v) is 7.44. The van der Waals surface area contributed by atoms with Gasteiger partial charge in [0.05, 0.1) is 6.42 Å². The zero-order valence-electron chi connectivity index (χ0n) is 15.9. The Kier molecular flexibility index (Phi) is 4.79. The maximum absolute atomic E-state index is 12.6. The second kappa shape index (κ2) is 7.39. The molecule has 6 nitrogen and oxygen atoms in total. The Morgan fingerprint density at radius 1 is 1.22 bits per heavy atom. The van der Waals surface area contributed by atoms with Crippen LogP contribution in [0.1, 0.15) is 25.3 Å². The molecule has 1 aromatic carbocycles. The molecular weight excluding hydrogens is 338 g/mol. The fourth-order valence-corrected chi connectivity index (χ4v) is 3.75. The Balaban J connectivity index is 1.46. The predicted molar refractivity (Wildman–Crippen MR) is 108 cm³/mol. The average Bonchev–Trinajstić information content (AvgIpc) is 2.98. The van der Waals surface area contributed by atoms with E-state index in [1.807, 2.05) is 31.4 Å². The van der Waals surface area contributed by atoms with E-state index in [1.165, 1.54) is 19.2 Å². The van der Waals surface area contributed by atoms with Crippen LogP contribution in [0.15, 0.2) is 42.9 Å².